The van der Waals surface area contributed by atoms with Gasteiger partial charge >= 0.3 is 0 Å². The largest absolute Gasteiger partial charge is 0.503 e. The summed E-state index contributed by atoms with van der Waals surface area (Å²) in [7, 11) is 1.57. The predicted molar refractivity (Wildman–Crippen MR) is 97.9 cm³/mol. The molecule has 9 heteroatoms. The van der Waals surface area contributed by atoms with E-state index in [0.29, 0.717) is 10.0 Å². The minimum absolute atomic E-state index is 0.00516. The van der Waals surface area contributed by atoms with Crippen molar-refractivity contribution in [2.75, 3.05) is 26.7 Å². The maximum absolute atomic E-state index is 12.6. The molecule has 2 rings (SSSR count). The van der Waals surface area contributed by atoms with Crippen LogP contribution in [-0.2, 0) is 20.9 Å². The Hall–Kier alpha value is -2.25. The molecule has 0 aromatic heterocycles. The zero-order chi connectivity index (χ0) is 19.4. The van der Waals surface area contributed by atoms with E-state index >= 15 is 0 Å². The van der Waals surface area contributed by atoms with Crippen LogP contribution in [0.2, 0.25) is 10.0 Å². The smallest absolute Gasteiger partial charge is 0.289 e. The molecule has 0 aliphatic carbocycles. The molecule has 2 N–H and O–H groups in total. The van der Waals surface area contributed by atoms with Crippen molar-refractivity contribution in [3.63, 3.8) is 0 Å². The molecule has 1 heterocycles. The summed E-state index contributed by atoms with van der Waals surface area (Å²) in [5, 5.41) is 13.4. The summed E-state index contributed by atoms with van der Waals surface area (Å²) in [6.45, 7) is 2.06. The topological polar surface area (TPSA) is 90.0 Å². The number of benzene rings is 1. The third-order valence-electron chi connectivity index (χ3n) is 3.89. The van der Waals surface area contributed by atoms with Gasteiger partial charge in [-0.3, -0.25) is 14.4 Å². The molecule has 26 heavy (non-hydrogen) atoms. The first-order valence-electron chi connectivity index (χ1n) is 7.86. The van der Waals surface area contributed by atoms with Crippen LogP contribution in [0.15, 0.2) is 29.5 Å². The lowest BCUT2D eigenvalue weighted by molar-refractivity contribution is -0.128. The van der Waals surface area contributed by atoms with Gasteiger partial charge in [-0.05, 0) is 17.7 Å². The number of nitrogens with one attached hydrogen (secondary N) is 1. The van der Waals surface area contributed by atoms with Crippen molar-refractivity contribution in [3.05, 3.63) is 45.1 Å². The van der Waals surface area contributed by atoms with Crippen LogP contribution in [0.25, 0.3) is 0 Å². The molecule has 0 fully saturated rings. The minimum Gasteiger partial charge on any atom is -0.503 e. The number of carbonyl (C=O) groups is 3. The quantitative estimate of drug-likeness (QED) is 0.762. The Morgan fingerprint density at radius 1 is 1.31 bits per heavy atom. The van der Waals surface area contributed by atoms with Crippen molar-refractivity contribution in [1.29, 1.82) is 0 Å². The number of hydrogen-bond donors (Lipinski definition) is 2. The van der Waals surface area contributed by atoms with Gasteiger partial charge in [0.15, 0.2) is 5.76 Å². The summed E-state index contributed by atoms with van der Waals surface area (Å²) in [4.78, 5) is 38.2. The van der Waals surface area contributed by atoms with E-state index in [1.807, 2.05) is 0 Å². The van der Waals surface area contributed by atoms with Crippen LogP contribution < -0.4 is 5.32 Å². The van der Waals surface area contributed by atoms with E-state index in [1.165, 1.54) is 16.7 Å². The first-order chi connectivity index (χ1) is 12.2. The number of likely N-dealkylation sites (N-methyl/N-ethyl adjacent to an activating group) is 1. The van der Waals surface area contributed by atoms with Gasteiger partial charge in [-0.2, -0.15) is 0 Å². The molecule has 3 amide bonds. The average Bonchev–Trinajstić information content (AvgIpc) is 2.85. The standard InChI is InChI=1S/C17H19Cl2N3O4/c1-10(23)20-5-6-22-9-12(15(24)17(22)26)16(25)21(2)8-11-3-4-13(18)14(19)7-11/h3-4,7,24H,5-6,8-9H2,1-2H3,(H,20,23). The lowest BCUT2D eigenvalue weighted by Crippen LogP contribution is -2.36. The maximum atomic E-state index is 12.6. The summed E-state index contributed by atoms with van der Waals surface area (Å²) in [6, 6.07) is 5.03. The Kier molecular flexibility index (Phi) is 6.50. The van der Waals surface area contributed by atoms with Crippen LogP contribution in [-0.4, -0.2) is 59.3 Å². The molecule has 140 valence electrons. The van der Waals surface area contributed by atoms with E-state index < -0.39 is 17.6 Å². The molecule has 1 aliphatic rings. The molecular weight excluding hydrogens is 381 g/mol. The van der Waals surface area contributed by atoms with Gasteiger partial charge in [0, 0.05) is 33.6 Å². The molecule has 0 saturated heterocycles. The van der Waals surface area contributed by atoms with Gasteiger partial charge in [0.05, 0.1) is 22.2 Å². The molecule has 7 nitrogen and oxygen atoms in total. The highest BCUT2D eigenvalue weighted by atomic mass is 35.5. The molecular formula is C17H19Cl2N3O4. The second-order valence-corrected chi connectivity index (χ2v) is 6.76. The fourth-order valence-corrected chi connectivity index (χ4v) is 2.87. The average molecular weight is 400 g/mol. The Balaban J connectivity index is 2.02. The molecule has 1 aromatic rings. The summed E-state index contributed by atoms with van der Waals surface area (Å²) >= 11 is 11.8. The van der Waals surface area contributed by atoms with Gasteiger partial charge < -0.3 is 20.2 Å². The van der Waals surface area contributed by atoms with Crippen LogP contribution >= 0.6 is 23.2 Å². The van der Waals surface area contributed by atoms with E-state index in [2.05, 4.69) is 5.32 Å². The number of rotatable bonds is 6. The number of hydrogen-bond acceptors (Lipinski definition) is 4. The van der Waals surface area contributed by atoms with Crippen molar-refractivity contribution in [1.82, 2.24) is 15.1 Å². The SMILES string of the molecule is CC(=O)NCCN1CC(C(=O)N(C)Cc2ccc(Cl)c(Cl)c2)=C(O)C1=O. The van der Waals surface area contributed by atoms with Gasteiger partial charge in [-0.1, -0.05) is 29.3 Å². The Labute approximate surface area is 161 Å². The van der Waals surface area contributed by atoms with Crippen molar-refractivity contribution in [2.24, 2.45) is 0 Å². The summed E-state index contributed by atoms with van der Waals surface area (Å²) in [5.74, 6) is -1.85. The molecule has 0 bridgehead atoms. The zero-order valence-corrected chi connectivity index (χ0v) is 15.9. The first kappa shape index (κ1) is 20.1. The van der Waals surface area contributed by atoms with Gasteiger partial charge in [0.25, 0.3) is 11.8 Å². The molecule has 0 spiro atoms. The van der Waals surface area contributed by atoms with Crippen LogP contribution in [0.5, 0.6) is 0 Å². The summed E-state index contributed by atoms with van der Waals surface area (Å²) < 4.78 is 0. The Morgan fingerprint density at radius 3 is 2.62 bits per heavy atom. The number of aliphatic hydroxyl groups excluding tert-OH is 1. The number of aliphatic hydroxyl groups is 1. The monoisotopic (exact) mass is 399 g/mol. The van der Waals surface area contributed by atoms with Crippen LogP contribution in [0.4, 0.5) is 0 Å². The second kappa shape index (κ2) is 8.42. The molecule has 0 radical (unpaired) electrons. The zero-order valence-electron chi connectivity index (χ0n) is 14.4. The fourth-order valence-electron chi connectivity index (χ4n) is 2.55. The third kappa shape index (κ3) is 4.68. The number of halogens is 2. The second-order valence-electron chi connectivity index (χ2n) is 5.95. The first-order valence-corrected chi connectivity index (χ1v) is 8.61. The van der Waals surface area contributed by atoms with Crippen molar-refractivity contribution >= 4 is 40.9 Å². The van der Waals surface area contributed by atoms with Crippen molar-refractivity contribution < 1.29 is 19.5 Å². The van der Waals surface area contributed by atoms with E-state index in [9.17, 15) is 19.5 Å². The predicted octanol–water partition coefficient (Wildman–Crippen LogP) is 1.74. The van der Waals surface area contributed by atoms with Gasteiger partial charge in [0.2, 0.25) is 5.91 Å². The van der Waals surface area contributed by atoms with Crippen LogP contribution in [0.3, 0.4) is 0 Å². The number of carbonyl (C=O) groups excluding carboxylic acids is 3. The normalized spacial score (nSPS) is 14.0. The fraction of sp³-hybridized carbons (Fsp3) is 0.353. The molecule has 0 saturated carbocycles. The van der Waals surface area contributed by atoms with Crippen molar-refractivity contribution in [2.45, 2.75) is 13.5 Å². The molecule has 1 aromatic carbocycles. The Morgan fingerprint density at radius 2 is 2.00 bits per heavy atom. The number of nitrogens with zero attached hydrogens (tertiary/aromatic N) is 2. The summed E-state index contributed by atoms with van der Waals surface area (Å²) in [6.07, 6.45) is 0. The minimum atomic E-state index is -0.623. The molecule has 0 atom stereocenters. The van der Waals surface area contributed by atoms with Gasteiger partial charge in [-0.25, -0.2) is 0 Å². The third-order valence-corrected chi connectivity index (χ3v) is 4.63. The highest BCUT2D eigenvalue weighted by Crippen LogP contribution is 2.24. The summed E-state index contributed by atoms with van der Waals surface area (Å²) in [5.41, 5.74) is 0.794. The Bertz CT molecular complexity index is 779. The maximum Gasteiger partial charge on any atom is 0.289 e. The van der Waals surface area contributed by atoms with Crippen LogP contribution in [0.1, 0.15) is 12.5 Å². The van der Waals surface area contributed by atoms with E-state index in [4.69, 9.17) is 23.2 Å². The molecule has 1 aliphatic heterocycles. The lowest BCUT2D eigenvalue weighted by Gasteiger charge is -2.19. The van der Waals surface area contributed by atoms with E-state index in [1.54, 1.807) is 25.2 Å². The molecule has 0 unspecified atom stereocenters. The van der Waals surface area contributed by atoms with E-state index in [0.717, 1.165) is 5.56 Å². The van der Waals surface area contributed by atoms with Crippen molar-refractivity contribution in [3.8, 4) is 0 Å². The van der Waals surface area contributed by atoms with E-state index in [-0.39, 0.29) is 37.7 Å². The lowest BCUT2D eigenvalue weighted by atomic mass is 10.2. The highest BCUT2D eigenvalue weighted by Gasteiger charge is 2.34. The van der Waals surface area contributed by atoms with Gasteiger partial charge in [0.1, 0.15) is 0 Å². The highest BCUT2D eigenvalue weighted by molar-refractivity contribution is 6.42. The van der Waals surface area contributed by atoms with Gasteiger partial charge in [-0.15, -0.1) is 0 Å². The number of amides is 3. The van der Waals surface area contributed by atoms with Crippen LogP contribution in [0, 0.1) is 0 Å².